The van der Waals surface area contributed by atoms with Crippen LogP contribution in [0.25, 0.3) is 22.3 Å². The first-order valence-electron chi connectivity index (χ1n) is 11.7. The van der Waals surface area contributed by atoms with E-state index in [1.54, 1.807) is 0 Å². The van der Waals surface area contributed by atoms with Crippen LogP contribution < -0.4 is 10.2 Å². The minimum Gasteiger partial charge on any atom is -0.194 e. The van der Waals surface area contributed by atoms with Crippen molar-refractivity contribution in [2.75, 3.05) is 0 Å². The number of aryl methyl sites for hydroxylation is 2. The summed E-state index contributed by atoms with van der Waals surface area (Å²) in [5, 5.41) is 18.7. The molecule has 4 heteroatoms. The van der Waals surface area contributed by atoms with Crippen molar-refractivity contribution in [3.05, 3.63) is 133 Å². The van der Waals surface area contributed by atoms with Crippen molar-refractivity contribution in [3.8, 4) is 22.3 Å². The second-order valence-electron chi connectivity index (χ2n) is 8.38. The summed E-state index contributed by atoms with van der Waals surface area (Å²) in [7, 11) is 0. The summed E-state index contributed by atoms with van der Waals surface area (Å²) in [5.74, 6) is -0.167. The standard InChI is InChI=1S/2C12H11.2C3H6O.C2H6Si.Ti/c2*1-10-6-5-9-12(10)11-7-3-2-4-8-11;2*1-3(2)4;1-3-2;/h2*2-9H,1H3;2*4H,1H2,2H3;1-2H3;/q2*-1;;;;+2/p-2. The Bertz CT molecular complexity index is 1040. The van der Waals surface area contributed by atoms with Crippen LogP contribution in [0.2, 0.25) is 13.1 Å². The van der Waals surface area contributed by atoms with Crippen LogP contribution in [-0.2, 0) is 19.2 Å². The van der Waals surface area contributed by atoms with Gasteiger partial charge in [-0.2, -0.15) is 58.7 Å². The van der Waals surface area contributed by atoms with Gasteiger partial charge in [-0.25, -0.2) is 0 Å². The van der Waals surface area contributed by atoms with Crippen LogP contribution in [0.4, 0.5) is 0 Å². The summed E-state index contributed by atoms with van der Waals surface area (Å²) in [6.07, 6.45) is 0.120. The molecule has 0 unspecified atom stereocenters. The van der Waals surface area contributed by atoms with E-state index in [-0.39, 0.29) is 17.7 Å². The number of benzene rings is 2. The minimum absolute atomic E-state index is 0.0833. The van der Waals surface area contributed by atoms with E-state index in [0.717, 1.165) is 0 Å². The summed E-state index contributed by atoms with van der Waals surface area (Å²) in [5.41, 5.74) is 7.99. The molecule has 0 fully saturated rings. The maximum Gasteiger partial charge on any atom is -0.0623 e. The van der Waals surface area contributed by atoms with E-state index in [2.05, 4.69) is 144 Å². The molecule has 0 aliphatic rings. The summed E-state index contributed by atoms with van der Waals surface area (Å²) in [4.78, 5) is 0. The van der Waals surface area contributed by atoms with Gasteiger partial charge in [-0.3, -0.25) is 0 Å². The first-order chi connectivity index (χ1) is 17.0. The molecule has 0 N–H and O–H groups in total. The molecule has 4 rings (SSSR count). The van der Waals surface area contributed by atoms with Crippen LogP contribution in [-0.4, -0.2) is 6.19 Å². The molecule has 36 heavy (non-hydrogen) atoms. The van der Waals surface area contributed by atoms with E-state index in [1.165, 1.54) is 47.2 Å². The zero-order valence-corrected chi connectivity index (χ0v) is 25.0. The Hall–Kier alpha value is -2.85. The zero-order valence-electron chi connectivity index (χ0n) is 22.5. The Morgan fingerprint density at radius 2 is 0.917 bits per heavy atom. The van der Waals surface area contributed by atoms with Crippen LogP contribution in [0.5, 0.6) is 0 Å². The van der Waals surface area contributed by atoms with Crippen LogP contribution >= 0.6 is 0 Å². The van der Waals surface area contributed by atoms with Gasteiger partial charge >= 0.3 is 38.5 Å². The van der Waals surface area contributed by atoms with E-state index in [9.17, 15) is 10.2 Å². The van der Waals surface area contributed by atoms with Crippen molar-refractivity contribution in [3.63, 3.8) is 0 Å². The molecule has 0 bridgehead atoms. The van der Waals surface area contributed by atoms with Gasteiger partial charge in [-0.1, -0.05) is 99.5 Å². The average molecular weight is 531 g/mol. The van der Waals surface area contributed by atoms with Gasteiger partial charge in [0.25, 0.3) is 0 Å². The Morgan fingerprint density at radius 1 is 0.667 bits per heavy atom. The Labute approximate surface area is 230 Å². The molecule has 2 nitrogen and oxygen atoms in total. The number of hydrogen-bond acceptors (Lipinski definition) is 2. The molecule has 0 amide bonds. The van der Waals surface area contributed by atoms with Crippen LogP contribution in [0.15, 0.2) is 122 Å². The van der Waals surface area contributed by atoms with Crippen LogP contribution in [0, 0.1) is 13.8 Å². The van der Waals surface area contributed by atoms with Gasteiger partial charge in [0, 0.05) is 0 Å². The molecule has 0 aliphatic carbocycles. The van der Waals surface area contributed by atoms with Crippen molar-refractivity contribution in [2.24, 2.45) is 0 Å². The summed E-state index contributed by atoms with van der Waals surface area (Å²) >= 11 is 2.27. The molecule has 4 aromatic carbocycles. The quantitative estimate of drug-likeness (QED) is 0.155. The molecule has 188 valence electrons. The zero-order chi connectivity index (χ0) is 27.5. The molecular weight excluding hydrogens is 492 g/mol. The Balaban J connectivity index is 0.000000478. The van der Waals surface area contributed by atoms with Crippen molar-refractivity contribution in [1.29, 1.82) is 0 Å². The topological polar surface area (TPSA) is 46.1 Å². The Morgan fingerprint density at radius 3 is 1.11 bits per heavy atom. The minimum atomic E-state index is -0.0833. The normalized spacial score (nSPS) is 8.89. The maximum atomic E-state index is 9.33. The van der Waals surface area contributed by atoms with Gasteiger partial charge in [0.15, 0.2) is 0 Å². The molecule has 0 saturated heterocycles. The number of rotatable bonds is 2. The van der Waals surface area contributed by atoms with E-state index < -0.39 is 0 Å². The van der Waals surface area contributed by atoms with E-state index in [0.29, 0.717) is 0 Å². The fourth-order valence-corrected chi connectivity index (χ4v) is 2.90. The molecule has 0 radical (unpaired) electrons. The number of allylic oxidation sites excluding steroid dienone is 2. The molecule has 0 heterocycles. The van der Waals surface area contributed by atoms with Gasteiger partial charge in [0.2, 0.25) is 0 Å². The first kappa shape index (κ1) is 33.2. The Kier molecular flexibility index (Phi) is 17.8. The monoisotopic (exact) mass is 530 g/mol. The molecule has 0 atom stereocenters. The second-order valence-corrected chi connectivity index (χ2v) is 15.1. The summed E-state index contributed by atoms with van der Waals surface area (Å²) in [6, 6.07) is 33.7. The van der Waals surface area contributed by atoms with Crippen molar-refractivity contribution < 1.29 is 29.4 Å². The van der Waals surface area contributed by atoms with Gasteiger partial charge in [0.05, 0.1) is 0 Å². The van der Waals surface area contributed by atoms with Crippen molar-refractivity contribution >= 4 is 6.19 Å². The van der Waals surface area contributed by atoms with E-state index in [4.69, 9.17) is 0 Å². The molecular formula is C32H38O2SiTi-2. The maximum absolute atomic E-state index is 9.33. The molecule has 0 spiro atoms. The fraction of sp³-hybridized carbons (Fsp3) is 0.188. The summed E-state index contributed by atoms with van der Waals surface area (Å²) < 4.78 is 0. The largest absolute Gasteiger partial charge is 0.194 e. The smallest absolute Gasteiger partial charge is 0.0623 e. The third kappa shape index (κ3) is 16.7. The van der Waals surface area contributed by atoms with E-state index in [1.807, 2.05) is 12.1 Å². The van der Waals surface area contributed by atoms with Gasteiger partial charge in [-0.15, -0.1) is 24.7 Å². The first-order valence-corrected chi connectivity index (χ1v) is 16.5. The molecule has 0 saturated carbocycles. The van der Waals surface area contributed by atoms with Gasteiger partial charge in [-0.05, 0) is 0 Å². The average Bonchev–Trinajstić information content (AvgIpc) is 3.42. The van der Waals surface area contributed by atoms with Gasteiger partial charge < -0.3 is 10.2 Å². The van der Waals surface area contributed by atoms with Crippen molar-refractivity contribution in [2.45, 2.75) is 40.8 Å². The molecule has 4 aromatic rings. The predicted octanol–water partition coefficient (Wildman–Crippen LogP) is 7.31. The SMILES string of the molecule is C=C(C)[O-].C=C(C)[O-].C[Si](C)=[Ti+2].Cc1c[cH-]cc1-c1ccccc1.Cc1c[cH-]cc1-c1ccccc1. The second kappa shape index (κ2) is 19.4. The van der Waals surface area contributed by atoms with Crippen LogP contribution in [0.1, 0.15) is 25.0 Å². The molecule has 0 aliphatic heterocycles. The van der Waals surface area contributed by atoms with Crippen molar-refractivity contribution in [1.82, 2.24) is 0 Å². The predicted molar refractivity (Wildman–Crippen MR) is 152 cm³/mol. The third-order valence-corrected chi connectivity index (χ3v) is 4.24. The summed E-state index contributed by atoms with van der Waals surface area (Å²) in [6.45, 7) is 17.7. The van der Waals surface area contributed by atoms with E-state index >= 15 is 0 Å². The third-order valence-electron chi connectivity index (χ3n) is 4.24. The molecule has 0 aromatic heterocycles. The van der Waals surface area contributed by atoms with Crippen LogP contribution in [0.3, 0.4) is 0 Å². The fourth-order valence-electron chi connectivity index (χ4n) is 2.90. The number of hydrogen-bond donors (Lipinski definition) is 0. The van der Waals surface area contributed by atoms with Gasteiger partial charge in [0.1, 0.15) is 0 Å².